The molecule has 0 bridgehead atoms. The molecule has 2 N–H and O–H groups in total. The van der Waals surface area contributed by atoms with Crippen molar-refractivity contribution < 1.29 is 4.74 Å². The van der Waals surface area contributed by atoms with Crippen LogP contribution in [0.25, 0.3) is 0 Å². The Hall–Kier alpha value is -1.06. The third-order valence-electron chi connectivity index (χ3n) is 4.10. The van der Waals surface area contributed by atoms with Crippen LogP contribution in [-0.4, -0.2) is 31.8 Å². The highest BCUT2D eigenvalue weighted by Gasteiger charge is 2.20. The van der Waals surface area contributed by atoms with Gasteiger partial charge in [-0.2, -0.15) is 0 Å². The van der Waals surface area contributed by atoms with Crippen LogP contribution in [0.2, 0.25) is 0 Å². The van der Waals surface area contributed by atoms with Crippen LogP contribution < -0.4 is 10.6 Å². The number of ether oxygens (including phenoxy) is 1. The molecule has 112 valence electrons. The summed E-state index contributed by atoms with van der Waals surface area (Å²) >= 11 is 0. The van der Waals surface area contributed by atoms with Gasteiger partial charge in [0.05, 0.1) is 6.10 Å². The fraction of sp³-hybridized carbons (Fsp3) is 0.647. The van der Waals surface area contributed by atoms with Crippen molar-refractivity contribution in [2.75, 3.05) is 24.6 Å². The smallest absolute Gasteiger partial charge is 0.0750 e. The van der Waals surface area contributed by atoms with Gasteiger partial charge < -0.3 is 15.4 Å². The fourth-order valence-electron chi connectivity index (χ4n) is 2.83. The van der Waals surface area contributed by atoms with E-state index in [9.17, 15) is 0 Å². The molecule has 1 aliphatic rings. The molecule has 0 saturated carbocycles. The third kappa shape index (κ3) is 4.22. The number of nitrogens with two attached hydrogens (primary N) is 1. The van der Waals surface area contributed by atoms with Gasteiger partial charge in [0.2, 0.25) is 0 Å². The summed E-state index contributed by atoms with van der Waals surface area (Å²) in [6.07, 6.45) is 4.80. The second-order valence-electron chi connectivity index (χ2n) is 5.70. The Kier molecular flexibility index (Phi) is 5.86. The molecule has 1 aromatic carbocycles. The number of hydrogen-bond donors (Lipinski definition) is 1. The molecule has 1 aliphatic heterocycles. The van der Waals surface area contributed by atoms with E-state index < -0.39 is 0 Å². The van der Waals surface area contributed by atoms with E-state index in [0.29, 0.717) is 6.10 Å². The van der Waals surface area contributed by atoms with Crippen LogP contribution in [-0.2, 0) is 11.2 Å². The van der Waals surface area contributed by atoms with Gasteiger partial charge in [-0.05, 0) is 50.3 Å². The number of hydrogen-bond acceptors (Lipinski definition) is 3. The molecule has 20 heavy (non-hydrogen) atoms. The Morgan fingerprint density at radius 1 is 1.30 bits per heavy atom. The highest BCUT2D eigenvalue weighted by atomic mass is 16.5. The van der Waals surface area contributed by atoms with Crippen LogP contribution in [0.1, 0.15) is 38.7 Å². The van der Waals surface area contributed by atoms with Gasteiger partial charge in [-0.1, -0.05) is 19.1 Å². The maximum atomic E-state index is 6.01. The van der Waals surface area contributed by atoms with Crippen LogP contribution in [0.15, 0.2) is 24.3 Å². The minimum absolute atomic E-state index is 0.276. The summed E-state index contributed by atoms with van der Waals surface area (Å²) in [6, 6.07) is 9.17. The second-order valence-corrected chi connectivity index (χ2v) is 5.70. The topological polar surface area (TPSA) is 38.5 Å². The third-order valence-corrected chi connectivity index (χ3v) is 4.10. The molecule has 1 aromatic rings. The monoisotopic (exact) mass is 276 g/mol. The fourth-order valence-corrected chi connectivity index (χ4v) is 2.83. The molecule has 2 atom stereocenters. The molecular weight excluding hydrogens is 248 g/mol. The van der Waals surface area contributed by atoms with Crippen molar-refractivity contribution in [3.63, 3.8) is 0 Å². The molecule has 0 amide bonds. The lowest BCUT2D eigenvalue weighted by molar-refractivity contribution is 0.0527. The average molecular weight is 276 g/mol. The van der Waals surface area contributed by atoms with Gasteiger partial charge in [0.15, 0.2) is 0 Å². The number of rotatable bonds is 6. The zero-order valence-electron chi connectivity index (χ0n) is 12.8. The number of piperidine rings is 1. The summed E-state index contributed by atoms with van der Waals surface area (Å²) in [5.41, 5.74) is 8.65. The van der Waals surface area contributed by atoms with E-state index >= 15 is 0 Å². The average Bonchev–Trinajstić information content (AvgIpc) is 2.48. The first-order valence-corrected chi connectivity index (χ1v) is 7.94. The highest BCUT2D eigenvalue weighted by molar-refractivity contribution is 5.48. The normalized spacial score (nSPS) is 20.9. The molecule has 1 fully saturated rings. The molecule has 2 rings (SSSR count). The predicted molar refractivity (Wildman–Crippen MR) is 85.3 cm³/mol. The second kappa shape index (κ2) is 7.65. The van der Waals surface area contributed by atoms with Crippen molar-refractivity contribution in [3.05, 3.63) is 29.8 Å². The van der Waals surface area contributed by atoms with E-state index in [1.807, 2.05) is 0 Å². The number of anilines is 1. The Balaban J connectivity index is 1.95. The van der Waals surface area contributed by atoms with Crippen molar-refractivity contribution >= 4 is 5.69 Å². The molecule has 3 heteroatoms. The first-order valence-electron chi connectivity index (χ1n) is 7.94. The lowest BCUT2D eigenvalue weighted by atomic mass is 10.0. The van der Waals surface area contributed by atoms with Crippen LogP contribution in [0.4, 0.5) is 5.69 Å². The zero-order valence-corrected chi connectivity index (χ0v) is 12.8. The summed E-state index contributed by atoms with van der Waals surface area (Å²) in [7, 11) is 0. The van der Waals surface area contributed by atoms with Crippen LogP contribution in [0.5, 0.6) is 0 Å². The minimum Gasteiger partial charge on any atom is -0.377 e. The van der Waals surface area contributed by atoms with Gasteiger partial charge in [0.25, 0.3) is 0 Å². The SMILES string of the molecule is CCOC1CCCN(c2ccc(CC(N)CC)cc2)C1. The van der Waals surface area contributed by atoms with E-state index in [1.165, 1.54) is 24.1 Å². The highest BCUT2D eigenvalue weighted by Crippen LogP contribution is 2.22. The lowest BCUT2D eigenvalue weighted by Crippen LogP contribution is -2.39. The zero-order chi connectivity index (χ0) is 14.4. The maximum Gasteiger partial charge on any atom is 0.0750 e. The van der Waals surface area contributed by atoms with E-state index in [1.54, 1.807) is 0 Å². The van der Waals surface area contributed by atoms with E-state index in [4.69, 9.17) is 10.5 Å². The number of nitrogens with zero attached hydrogens (tertiary/aromatic N) is 1. The summed E-state index contributed by atoms with van der Waals surface area (Å²) in [6.45, 7) is 7.18. The molecule has 0 spiro atoms. The van der Waals surface area contributed by atoms with Crippen molar-refractivity contribution in [2.45, 2.75) is 51.7 Å². The molecule has 0 aliphatic carbocycles. The first kappa shape index (κ1) is 15.3. The molecule has 3 nitrogen and oxygen atoms in total. The van der Waals surface area contributed by atoms with Crippen molar-refractivity contribution in [1.29, 1.82) is 0 Å². The molecule has 2 unspecified atom stereocenters. The largest absolute Gasteiger partial charge is 0.377 e. The van der Waals surface area contributed by atoms with Gasteiger partial charge >= 0.3 is 0 Å². The van der Waals surface area contributed by atoms with Gasteiger partial charge in [0.1, 0.15) is 0 Å². The number of benzene rings is 1. The van der Waals surface area contributed by atoms with Crippen molar-refractivity contribution in [1.82, 2.24) is 0 Å². The molecule has 1 heterocycles. The van der Waals surface area contributed by atoms with E-state index in [2.05, 4.69) is 43.0 Å². The Labute approximate surface area is 123 Å². The Bertz CT molecular complexity index is 388. The summed E-state index contributed by atoms with van der Waals surface area (Å²) < 4.78 is 5.77. The van der Waals surface area contributed by atoms with Crippen molar-refractivity contribution in [3.8, 4) is 0 Å². The van der Waals surface area contributed by atoms with Gasteiger partial charge in [-0.25, -0.2) is 0 Å². The van der Waals surface area contributed by atoms with E-state index in [-0.39, 0.29) is 6.04 Å². The molecule has 1 saturated heterocycles. The van der Waals surface area contributed by atoms with Gasteiger partial charge in [0, 0.05) is 31.4 Å². The van der Waals surface area contributed by atoms with Crippen LogP contribution >= 0.6 is 0 Å². The Morgan fingerprint density at radius 3 is 2.70 bits per heavy atom. The molecule has 0 aromatic heterocycles. The summed E-state index contributed by atoms with van der Waals surface area (Å²) in [5, 5.41) is 0. The lowest BCUT2D eigenvalue weighted by Gasteiger charge is -2.34. The van der Waals surface area contributed by atoms with Gasteiger partial charge in [-0.3, -0.25) is 0 Å². The first-order chi connectivity index (χ1) is 9.72. The Morgan fingerprint density at radius 2 is 2.05 bits per heavy atom. The molecular formula is C17H28N2O. The van der Waals surface area contributed by atoms with Crippen LogP contribution in [0, 0.1) is 0 Å². The summed E-state index contributed by atoms with van der Waals surface area (Å²) in [5.74, 6) is 0. The predicted octanol–water partition coefficient (Wildman–Crippen LogP) is 2.97. The minimum atomic E-state index is 0.276. The van der Waals surface area contributed by atoms with E-state index in [0.717, 1.165) is 32.5 Å². The van der Waals surface area contributed by atoms with Crippen LogP contribution in [0.3, 0.4) is 0 Å². The van der Waals surface area contributed by atoms with Gasteiger partial charge in [-0.15, -0.1) is 0 Å². The van der Waals surface area contributed by atoms with Crippen molar-refractivity contribution in [2.24, 2.45) is 5.73 Å². The molecule has 0 radical (unpaired) electrons. The summed E-state index contributed by atoms with van der Waals surface area (Å²) in [4.78, 5) is 2.44. The standard InChI is InChI=1S/C17H28N2O/c1-3-15(18)12-14-7-9-16(10-8-14)19-11-5-6-17(13-19)20-4-2/h7-10,15,17H,3-6,11-13,18H2,1-2H3. The quantitative estimate of drug-likeness (QED) is 0.868. The maximum absolute atomic E-state index is 6.01.